The van der Waals surface area contributed by atoms with Crippen molar-refractivity contribution in [3.8, 4) is 0 Å². The molecule has 0 aromatic carbocycles. The Hall–Kier alpha value is -2.51. The third kappa shape index (κ3) is 4.74. The lowest BCUT2D eigenvalue weighted by Gasteiger charge is -2.32. The molecular weight excluding hydrogens is 314 g/mol. The maximum Gasteiger partial charge on any atom is 0.409 e. The van der Waals surface area contributed by atoms with Gasteiger partial charge < -0.3 is 24.7 Å². The number of piperidine rings is 1. The van der Waals surface area contributed by atoms with E-state index < -0.39 is 11.9 Å². The van der Waals surface area contributed by atoms with Crippen LogP contribution in [0.1, 0.15) is 37.2 Å². The number of carbonyl (C=O) groups is 3. The number of rotatable bonds is 5. The fourth-order valence-corrected chi connectivity index (χ4v) is 2.49. The van der Waals surface area contributed by atoms with E-state index in [1.807, 2.05) is 0 Å². The second-order valence-electron chi connectivity index (χ2n) is 5.64. The number of ether oxygens (including phenoxy) is 1. The van der Waals surface area contributed by atoms with Gasteiger partial charge in [0.05, 0.1) is 12.9 Å². The summed E-state index contributed by atoms with van der Waals surface area (Å²) in [6, 6.07) is 2.44. The van der Waals surface area contributed by atoms with Gasteiger partial charge in [-0.3, -0.25) is 9.59 Å². The lowest BCUT2D eigenvalue weighted by Crippen LogP contribution is -2.51. The first-order valence-electron chi connectivity index (χ1n) is 8.07. The van der Waals surface area contributed by atoms with Crippen molar-refractivity contribution in [3.63, 3.8) is 0 Å². The molecule has 8 nitrogen and oxygen atoms in total. The molecule has 0 aliphatic carbocycles. The molecular formula is C16H23N3O5. The summed E-state index contributed by atoms with van der Waals surface area (Å²) in [4.78, 5) is 37.3. The molecule has 24 heavy (non-hydrogen) atoms. The molecule has 1 aliphatic heterocycles. The van der Waals surface area contributed by atoms with E-state index in [1.165, 1.54) is 12.3 Å². The molecule has 0 spiro atoms. The van der Waals surface area contributed by atoms with Crippen molar-refractivity contribution >= 4 is 17.9 Å². The van der Waals surface area contributed by atoms with Gasteiger partial charge in [0.25, 0.3) is 5.91 Å². The van der Waals surface area contributed by atoms with Crippen molar-refractivity contribution in [1.82, 2.24) is 15.5 Å². The number of carbonyl (C=O) groups excluding carboxylic acids is 3. The van der Waals surface area contributed by atoms with Crippen LogP contribution in [0, 0.1) is 0 Å². The van der Waals surface area contributed by atoms with Crippen molar-refractivity contribution in [1.29, 1.82) is 0 Å². The highest BCUT2D eigenvalue weighted by Gasteiger charge is 2.26. The van der Waals surface area contributed by atoms with Gasteiger partial charge in [-0.25, -0.2) is 4.79 Å². The molecule has 2 heterocycles. The Labute approximate surface area is 140 Å². The van der Waals surface area contributed by atoms with Gasteiger partial charge in [-0.05, 0) is 38.8 Å². The Balaban J connectivity index is 1.74. The van der Waals surface area contributed by atoms with Crippen LogP contribution < -0.4 is 10.6 Å². The summed E-state index contributed by atoms with van der Waals surface area (Å²) in [7, 11) is 0. The van der Waals surface area contributed by atoms with Crippen LogP contribution in [0.25, 0.3) is 0 Å². The number of amides is 3. The van der Waals surface area contributed by atoms with Crippen molar-refractivity contribution < 1.29 is 23.5 Å². The second kappa shape index (κ2) is 8.37. The molecule has 0 radical (unpaired) electrons. The maximum absolute atomic E-state index is 12.2. The average molecular weight is 337 g/mol. The molecule has 2 rings (SSSR count). The fourth-order valence-electron chi connectivity index (χ4n) is 2.49. The first-order chi connectivity index (χ1) is 11.5. The van der Waals surface area contributed by atoms with Crippen LogP contribution in [0.4, 0.5) is 4.79 Å². The number of furan rings is 1. The van der Waals surface area contributed by atoms with E-state index in [1.54, 1.807) is 24.8 Å². The molecule has 0 unspecified atom stereocenters. The standard InChI is InChI=1S/C16H23N3O5/c1-3-23-16(22)19-8-6-12(7-9-19)18-14(20)11(2)17-15(21)13-5-4-10-24-13/h4-5,10-12H,3,6-9H2,1-2H3,(H,17,21)(H,18,20)/t11-/m1/s1. The van der Waals surface area contributed by atoms with E-state index in [2.05, 4.69) is 10.6 Å². The quantitative estimate of drug-likeness (QED) is 0.839. The minimum Gasteiger partial charge on any atom is -0.459 e. The summed E-state index contributed by atoms with van der Waals surface area (Å²) in [5, 5.41) is 5.48. The average Bonchev–Trinajstić information content (AvgIpc) is 3.10. The first-order valence-corrected chi connectivity index (χ1v) is 8.07. The third-order valence-corrected chi connectivity index (χ3v) is 3.85. The minimum absolute atomic E-state index is 0.0221. The van der Waals surface area contributed by atoms with Crippen LogP contribution in [0.2, 0.25) is 0 Å². The second-order valence-corrected chi connectivity index (χ2v) is 5.64. The molecule has 1 saturated heterocycles. The van der Waals surface area contributed by atoms with E-state index in [4.69, 9.17) is 9.15 Å². The van der Waals surface area contributed by atoms with Crippen molar-refractivity contribution in [2.45, 2.75) is 38.8 Å². The van der Waals surface area contributed by atoms with E-state index in [-0.39, 0.29) is 23.8 Å². The molecule has 0 saturated carbocycles. The Kier molecular flexibility index (Phi) is 6.22. The SMILES string of the molecule is CCOC(=O)N1CCC(NC(=O)[C@@H](C)NC(=O)c2ccco2)CC1. The Bertz CT molecular complexity index is 564. The zero-order chi connectivity index (χ0) is 17.5. The predicted molar refractivity (Wildman–Crippen MR) is 85.4 cm³/mol. The molecule has 1 fully saturated rings. The Morgan fingerprint density at radius 2 is 2.08 bits per heavy atom. The lowest BCUT2D eigenvalue weighted by molar-refractivity contribution is -0.123. The minimum atomic E-state index is -0.675. The molecule has 132 valence electrons. The zero-order valence-electron chi connectivity index (χ0n) is 13.9. The summed E-state index contributed by atoms with van der Waals surface area (Å²) in [6.45, 7) is 4.81. The molecule has 3 amide bonds. The molecule has 8 heteroatoms. The monoisotopic (exact) mass is 337 g/mol. The largest absolute Gasteiger partial charge is 0.459 e. The van der Waals surface area contributed by atoms with Crippen LogP contribution in [0.3, 0.4) is 0 Å². The van der Waals surface area contributed by atoms with Gasteiger partial charge in [0.15, 0.2) is 5.76 Å². The van der Waals surface area contributed by atoms with E-state index >= 15 is 0 Å². The zero-order valence-corrected chi connectivity index (χ0v) is 13.9. The molecule has 1 atom stereocenters. The summed E-state index contributed by atoms with van der Waals surface area (Å²) in [5.74, 6) is -0.526. The number of nitrogens with zero attached hydrogens (tertiary/aromatic N) is 1. The van der Waals surface area contributed by atoms with Gasteiger partial charge in [-0.2, -0.15) is 0 Å². The van der Waals surface area contributed by atoms with Gasteiger partial charge in [0, 0.05) is 19.1 Å². The Morgan fingerprint density at radius 3 is 2.67 bits per heavy atom. The number of nitrogens with one attached hydrogen (secondary N) is 2. The van der Waals surface area contributed by atoms with Crippen LogP contribution in [-0.4, -0.2) is 54.6 Å². The van der Waals surface area contributed by atoms with Crippen LogP contribution in [0.15, 0.2) is 22.8 Å². The van der Waals surface area contributed by atoms with E-state index in [9.17, 15) is 14.4 Å². The topological polar surface area (TPSA) is 101 Å². The molecule has 0 bridgehead atoms. The first kappa shape index (κ1) is 17.8. The van der Waals surface area contributed by atoms with Gasteiger partial charge in [0.2, 0.25) is 5.91 Å². The van der Waals surface area contributed by atoms with Gasteiger partial charge >= 0.3 is 6.09 Å². The smallest absolute Gasteiger partial charge is 0.409 e. The van der Waals surface area contributed by atoms with Gasteiger partial charge in [0.1, 0.15) is 6.04 Å². The number of hydrogen-bond donors (Lipinski definition) is 2. The highest BCUT2D eigenvalue weighted by molar-refractivity contribution is 5.95. The summed E-state index contributed by atoms with van der Waals surface area (Å²) in [6.07, 6.45) is 2.39. The molecule has 1 aliphatic rings. The molecule has 1 aromatic heterocycles. The summed E-state index contributed by atoms with van der Waals surface area (Å²) in [5.41, 5.74) is 0. The number of hydrogen-bond acceptors (Lipinski definition) is 5. The highest BCUT2D eigenvalue weighted by atomic mass is 16.6. The third-order valence-electron chi connectivity index (χ3n) is 3.85. The van der Waals surface area contributed by atoms with Crippen LogP contribution in [-0.2, 0) is 9.53 Å². The van der Waals surface area contributed by atoms with Crippen molar-refractivity contribution in [2.24, 2.45) is 0 Å². The van der Waals surface area contributed by atoms with Gasteiger partial charge in [-0.1, -0.05) is 0 Å². The molecule has 1 aromatic rings. The summed E-state index contributed by atoms with van der Waals surface area (Å²) < 4.78 is 9.95. The van der Waals surface area contributed by atoms with Crippen molar-refractivity contribution in [3.05, 3.63) is 24.2 Å². The summed E-state index contributed by atoms with van der Waals surface area (Å²) >= 11 is 0. The van der Waals surface area contributed by atoms with Crippen LogP contribution >= 0.6 is 0 Å². The predicted octanol–water partition coefficient (Wildman–Crippen LogP) is 1.13. The van der Waals surface area contributed by atoms with Crippen LogP contribution in [0.5, 0.6) is 0 Å². The molecule has 2 N–H and O–H groups in total. The number of likely N-dealkylation sites (tertiary alicyclic amines) is 1. The lowest BCUT2D eigenvalue weighted by atomic mass is 10.0. The van der Waals surface area contributed by atoms with Gasteiger partial charge in [-0.15, -0.1) is 0 Å². The van der Waals surface area contributed by atoms with Crippen molar-refractivity contribution in [2.75, 3.05) is 19.7 Å². The maximum atomic E-state index is 12.2. The van der Waals surface area contributed by atoms with E-state index in [0.29, 0.717) is 32.5 Å². The highest BCUT2D eigenvalue weighted by Crippen LogP contribution is 2.11. The van der Waals surface area contributed by atoms with E-state index in [0.717, 1.165) is 0 Å². The Morgan fingerprint density at radius 1 is 1.38 bits per heavy atom. The normalized spacial score (nSPS) is 16.3. The fraction of sp³-hybridized carbons (Fsp3) is 0.562.